The number of hydrogen-bond donors (Lipinski definition) is 2. The van der Waals surface area contributed by atoms with E-state index < -0.39 is 0 Å². The molecule has 12 heavy (non-hydrogen) atoms. The molecule has 1 rings (SSSR count). The van der Waals surface area contributed by atoms with Crippen LogP contribution in [0, 0.1) is 0 Å². The summed E-state index contributed by atoms with van der Waals surface area (Å²) in [6, 6.07) is 3.40. The van der Waals surface area contributed by atoms with Gasteiger partial charge in [-0.1, -0.05) is 17.7 Å². The van der Waals surface area contributed by atoms with E-state index in [1.807, 2.05) is 0 Å². The first-order valence-corrected chi connectivity index (χ1v) is 3.81. The van der Waals surface area contributed by atoms with E-state index in [2.05, 4.69) is 4.98 Å². The summed E-state index contributed by atoms with van der Waals surface area (Å²) >= 11 is 5.66. The first-order chi connectivity index (χ1) is 5.74. The van der Waals surface area contributed by atoms with Gasteiger partial charge in [0.15, 0.2) is 5.15 Å². The minimum absolute atomic E-state index is 0.0102. The Balaban J connectivity index is 2.89. The Kier molecular flexibility index (Phi) is 3.08. The number of anilines is 1. The second kappa shape index (κ2) is 4.09. The fraction of sp³-hybridized carbons (Fsp3) is 0.125. The molecule has 0 aromatic carbocycles. The van der Waals surface area contributed by atoms with Crippen LogP contribution < -0.4 is 5.73 Å². The van der Waals surface area contributed by atoms with Gasteiger partial charge in [-0.2, -0.15) is 0 Å². The predicted molar refractivity (Wildman–Crippen MR) is 49.8 cm³/mol. The highest BCUT2D eigenvalue weighted by atomic mass is 35.5. The zero-order valence-corrected chi connectivity index (χ0v) is 7.12. The van der Waals surface area contributed by atoms with Crippen molar-refractivity contribution in [1.82, 2.24) is 4.98 Å². The number of nitrogen functional groups attached to an aromatic ring is 1. The molecule has 0 aliphatic heterocycles. The molecule has 3 N–H and O–H groups in total. The minimum atomic E-state index is -0.0102. The van der Waals surface area contributed by atoms with Gasteiger partial charge in [0.05, 0.1) is 18.0 Å². The molecular weight excluding hydrogens is 176 g/mol. The smallest absolute Gasteiger partial charge is 0.152 e. The number of rotatable bonds is 2. The minimum Gasteiger partial charge on any atom is -0.396 e. The SMILES string of the molecule is Nc1ccc(C=CCO)nc1Cl. The molecule has 0 unspecified atom stereocenters. The molecule has 4 heteroatoms. The van der Waals surface area contributed by atoms with Crippen LogP contribution in [0.2, 0.25) is 5.15 Å². The number of nitrogens with zero attached hydrogens (tertiary/aromatic N) is 1. The van der Waals surface area contributed by atoms with Crippen molar-refractivity contribution in [3.8, 4) is 0 Å². The van der Waals surface area contributed by atoms with E-state index >= 15 is 0 Å². The van der Waals surface area contributed by atoms with E-state index in [1.54, 1.807) is 24.3 Å². The van der Waals surface area contributed by atoms with Gasteiger partial charge in [0.1, 0.15) is 0 Å². The molecule has 0 fully saturated rings. The van der Waals surface area contributed by atoms with Crippen LogP contribution in [0.4, 0.5) is 5.69 Å². The maximum absolute atomic E-state index is 8.48. The zero-order valence-electron chi connectivity index (χ0n) is 6.37. The van der Waals surface area contributed by atoms with Gasteiger partial charge in [-0.25, -0.2) is 4.98 Å². The fourth-order valence-electron chi connectivity index (χ4n) is 0.725. The molecule has 1 aromatic rings. The van der Waals surface area contributed by atoms with E-state index in [0.29, 0.717) is 11.4 Å². The third kappa shape index (κ3) is 2.22. The van der Waals surface area contributed by atoms with Gasteiger partial charge >= 0.3 is 0 Å². The molecule has 1 heterocycles. The van der Waals surface area contributed by atoms with Crippen LogP contribution in [0.1, 0.15) is 5.69 Å². The van der Waals surface area contributed by atoms with Gasteiger partial charge < -0.3 is 10.8 Å². The standard InChI is InChI=1S/C8H9ClN2O/c9-8-7(10)4-3-6(11-8)2-1-5-12/h1-4,12H,5,10H2. The van der Waals surface area contributed by atoms with Crippen molar-refractivity contribution < 1.29 is 5.11 Å². The maximum atomic E-state index is 8.48. The van der Waals surface area contributed by atoms with E-state index in [1.165, 1.54) is 0 Å². The lowest BCUT2D eigenvalue weighted by Crippen LogP contribution is -1.90. The Morgan fingerprint density at radius 1 is 1.58 bits per heavy atom. The van der Waals surface area contributed by atoms with E-state index in [9.17, 15) is 0 Å². The van der Waals surface area contributed by atoms with Crippen molar-refractivity contribution in [2.45, 2.75) is 0 Å². The van der Waals surface area contributed by atoms with Gasteiger partial charge in [0.25, 0.3) is 0 Å². The average molecular weight is 185 g/mol. The summed E-state index contributed by atoms with van der Waals surface area (Å²) in [6.07, 6.45) is 3.25. The monoisotopic (exact) mass is 184 g/mol. The van der Waals surface area contributed by atoms with E-state index in [-0.39, 0.29) is 11.8 Å². The lowest BCUT2D eigenvalue weighted by Gasteiger charge is -1.97. The summed E-state index contributed by atoms with van der Waals surface area (Å²) in [7, 11) is 0. The van der Waals surface area contributed by atoms with Crippen molar-refractivity contribution in [2.75, 3.05) is 12.3 Å². The topological polar surface area (TPSA) is 59.1 Å². The number of halogens is 1. The lowest BCUT2D eigenvalue weighted by molar-refractivity contribution is 0.343. The molecule has 0 radical (unpaired) electrons. The number of aliphatic hydroxyl groups excluding tert-OH is 1. The molecule has 0 bridgehead atoms. The number of nitrogens with two attached hydrogens (primary N) is 1. The third-order valence-electron chi connectivity index (χ3n) is 1.29. The molecule has 0 spiro atoms. The largest absolute Gasteiger partial charge is 0.396 e. The molecule has 1 aromatic heterocycles. The summed E-state index contributed by atoms with van der Waals surface area (Å²) < 4.78 is 0. The summed E-state index contributed by atoms with van der Waals surface area (Å²) in [6.45, 7) is -0.0102. The molecule has 0 saturated carbocycles. The van der Waals surface area contributed by atoms with Crippen molar-refractivity contribution in [3.63, 3.8) is 0 Å². The van der Waals surface area contributed by atoms with Gasteiger partial charge in [-0.15, -0.1) is 0 Å². The summed E-state index contributed by atoms with van der Waals surface area (Å²) in [5.41, 5.74) is 6.59. The molecular formula is C8H9ClN2O. The summed E-state index contributed by atoms with van der Waals surface area (Å²) in [4.78, 5) is 3.95. The Bertz CT molecular complexity index is 299. The van der Waals surface area contributed by atoms with Crippen molar-refractivity contribution in [1.29, 1.82) is 0 Å². The second-order valence-corrected chi connectivity index (χ2v) is 2.56. The fourth-order valence-corrected chi connectivity index (χ4v) is 0.886. The molecule has 3 nitrogen and oxygen atoms in total. The normalized spacial score (nSPS) is 10.8. The highest BCUT2D eigenvalue weighted by Crippen LogP contribution is 2.15. The number of hydrogen-bond acceptors (Lipinski definition) is 3. The van der Waals surface area contributed by atoms with Crippen molar-refractivity contribution in [2.24, 2.45) is 0 Å². The van der Waals surface area contributed by atoms with Crippen LogP contribution in [-0.2, 0) is 0 Å². The van der Waals surface area contributed by atoms with Crippen LogP contribution in [0.3, 0.4) is 0 Å². The first kappa shape index (κ1) is 9.03. The second-order valence-electron chi connectivity index (χ2n) is 2.20. The van der Waals surface area contributed by atoms with E-state index in [0.717, 1.165) is 0 Å². The van der Waals surface area contributed by atoms with Gasteiger partial charge in [-0.05, 0) is 18.2 Å². The molecule has 0 saturated heterocycles. The Hall–Kier alpha value is -1.06. The molecule has 0 amide bonds. The van der Waals surface area contributed by atoms with Gasteiger partial charge in [0.2, 0.25) is 0 Å². The summed E-state index contributed by atoms with van der Waals surface area (Å²) in [5.74, 6) is 0. The summed E-state index contributed by atoms with van der Waals surface area (Å²) in [5, 5.41) is 8.77. The number of aliphatic hydroxyl groups is 1. The van der Waals surface area contributed by atoms with Gasteiger partial charge in [0, 0.05) is 0 Å². The van der Waals surface area contributed by atoms with Gasteiger partial charge in [-0.3, -0.25) is 0 Å². The highest BCUT2D eigenvalue weighted by Gasteiger charge is 1.96. The quantitative estimate of drug-likeness (QED) is 0.682. The lowest BCUT2D eigenvalue weighted by atomic mass is 10.3. The van der Waals surface area contributed by atoms with E-state index in [4.69, 9.17) is 22.4 Å². The third-order valence-corrected chi connectivity index (χ3v) is 1.60. The van der Waals surface area contributed by atoms with Crippen LogP contribution in [0.5, 0.6) is 0 Å². The van der Waals surface area contributed by atoms with Crippen molar-refractivity contribution >= 4 is 23.4 Å². The predicted octanol–water partition coefficient (Wildman–Crippen LogP) is 1.32. The zero-order chi connectivity index (χ0) is 8.97. The Morgan fingerprint density at radius 3 is 2.92 bits per heavy atom. The maximum Gasteiger partial charge on any atom is 0.152 e. The highest BCUT2D eigenvalue weighted by molar-refractivity contribution is 6.31. The number of aromatic nitrogens is 1. The Labute approximate surface area is 75.5 Å². The molecule has 0 aliphatic carbocycles. The molecule has 0 atom stereocenters. The molecule has 0 aliphatic rings. The Morgan fingerprint density at radius 2 is 2.33 bits per heavy atom. The van der Waals surface area contributed by atoms with Crippen LogP contribution in [0.15, 0.2) is 18.2 Å². The van der Waals surface area contributed by atoms with Crippen LogP contribution in [-0.4, -0.2) is 16.7 Å². The number of pyridine rings is 1. The first-order valence-electron chi connectivity index (χ1n) is 3.43. The molecule has 64 valence electrons. The van der Waals surface area contributed by atoms with Crippen LogP contribution >= 0.6 is 11.6 Å². The average Bonchev–Trinajstić information content (AvgIpc) is 2.07. The van der Waals surface area contributed by atoms with Crippen molar-refractivity contribution in [3.05, 3.63) is 29.1 Å². The van der Waals surface area contributed by atoms with Crippen LogP contribution in [0.25, 0.3) is 6.08 Å².